The largest absolute Gasteiger partial charge is 0.416 e. The van der Waals surface area contributed by atoms with Crippen LogP contribution in [0.3, 0.4) is 0 Å². The zero-order valence-electron chi connectivity index (χ0n) is 18.8. The highest BCUT2D eigenvalue weighted by Gasteiger charge is 2.29. The molecule has 1 saturated heterocycles. The number of ketones is 1. The van der Waals surface area contributed by atoms with Gasteiger partial charge in [-0.05, 0) is 74.8 Å². The second-order valence-corrected chi connectivity index (χ2v) is 12.2. The summed E-state index contributed by atoms with van der Waals surface area (Å²) < 4.78 is 31.1. The van der Waals surface area contributed by atoms with Crippen molar-refractivity contribution in [1.82, 2.24) is 14.8 Å². The Bertz CT molecular complexity index is 1320. The molecule has 0 amide bonds. The highest BCUT2D eigenvalue weighted by Crippen LogP contribution is 2.29. The van der Waals surface area contributed by atoms with E-state index in [0.717, 1.165) is 29.9 Å². The van der Waals surface area contributed by atoms with Crippen LogP contribution in [0, 0.1) is 19.8 Å². The number of thioether (sulfide) groups is 1. The Hall–Kier alpha value is -2.39. The fourth-order valence-corrected chi connectivity index (χ4v) is 7.53. The SMILES string of the molecule is Cc1cc(C(=O)CSc2nnc(CC3CCS(=O)(=O)C3)o2)c(C)n1-c1ccc2c(c1)CCC2. The van der Waals surface area contributed by atoms with E-state index in [1.165, 1.54) is 29.3 Å². The molecule has 1 aliphatic heterocycles. The van der Waals surface area contributed by atoms with Crippen molar-refractivity contribution in [2.45, 2.75) is 51.2 Å². The molecule has 0 radical (unpaired) electrons. The van der Waals surface area contributed by atoms with Crippen molar-refractivity contribution in [3.63, 3.8) is 0 Å². The van der Waals surface area contributed by atoms with Crippen molar-refractivity contribution in [2.75, 3.05) is 17.3 Å². The molecule has 1 fully saturated rings. The number of sulfone groups is 1. The third-order valence-corrected chi connectivity index (χ3v) is 9.29. The summed E-state index contributed by atoms with van der Waals surface area (Å²) in [4.78, 5) is 13.0. The summed E-state index contributed by atoms with van der Waals surface area (Å²) in [6.45, 7) is 4.01. The summed E-state index contributed by atoms with van der Waals surface area (Å²) >= 11 is 1.22. The molecule has 1 aromatic carbocycles. The minimum atomic E-state index is -2.93. The van der Waals surface area contributed by atoms with Crippen molar-refractivity contribution < 1.29 is 17.6 Å². The number of Topliss-reactive ketones (excluding diaryl/α,β-unsaturated/α-hetero) is 1. The van der Waals surface area contributed by atoms with E-state index in [1.54, 1.807) is 0 Å². The number of aryl methyl sites for hydroxylation is 3. The predicted molar refractivity (Wildman–Crippen MR) is 127 cm³/mol. The van der Waals surface area contributed by atoms with Gasteiger partial charge >= 0.3 is 0 Å². The van der Waals surface area contributed by atoms with Crippen molar-refractivity contribution in [2.24, 2.45) is 5.92 Å². The standard InChI is InChI=1S/C24H27N3O4S2/c1-15-10-21(16(2)27(15)20-7-6-18-4-3-5-19(18)12-20)22(28)13-32-24-26-25-23(31-24)11-17-8-9-33(29,30)14-17/h6-7,10,12,17H,3-5,8-9,11,13-14H2,1-2H3. The van der Waals surface area contributed by atoms with Crippen molar-refractivity contribution >= 4 is 27.4 Å². The van der Waals surface area contributed by atoms with Gasteiger partial charge in [-0.3, -0.25) is 4.79 Å². The number of hydrogen-bond donors (Lipinski definition) is 0. The first-order valence-electron chi connectivity index (χ1n) is 11.3. The second-order valence-electron chi connectivity index (χ2n) is 9.07. The van der Waals surface area contributed by atoms with Gasteiger partial charge in [0.25, 0.3) is 5.22 Å². The van der Waals surface area contributed by atoms with Crippen LogP contribution in [0.2, 0.25) is 0 Å². The number of benzene rings is 1. The summed E-state index contributed by atoms with van der Waals surface area (Å²) in [5.74, 6) is 1.08. The number of aromatic nitrogens is 3. The lowest BCUT2D eigenvalue weighted by atomic mass is 10.1. The summed E-state index contributed by atoms with van der Waals surface area (Å²) in [5, 5.41) is 8.40. The van der Waals surface area contributed by atoms with Crippen molar-refractivity contribution in [1.29, 1.82) is 0 Å². The Balaban J connectivity index is 1.25. The lowest BCUT2D eigenvalue weighted by Gasteiger charge is -2.12. The molecular formula is C24H27N3O4S2. The fourth-order valence-electron chi connectivity index (χ4n) is 5.00. The summed E-state index contributed by atoms with van der Waals surface area (Å²) in [7, 11) is -2.93. The number of rotatable bonds is 7. The van der Waals surface area contributed by atoms with Crippen LogP contribution in [-0.4, -0.2) is 46.2 Å². The Kier molecular flexibility index (Phi) is 5.95. The van der Waals surface area contributed by atoms with Crippen LogP contribution in [0.1, 0.15) is 51.6 Å². The molecule has 0 spiro atoms. The molecule has 2 aromatic heterocycles. The summed E-state index contributed by atoms with van der Waals surface area (Å²) in [6, 6.07) is 8.55. The molecular weight excluding hydrogens is 458 g/mol. The van der Waals surface area contributed by atoms with E-state index in [1.807, 2.05) is 19.9 Å². The van der Waals surface area contributed by atoms with Gasteiger partial charge < -0.3 is 8.98 Å². The monoisotopic (exact) mass is 485 g/mol. The minimum absolute atomic E-state index is 0.0159. The normalized spacial score (nSPS) is 19.2. The Morgan fingerprint density at radius 3 is 2.79 bits per heavy atom. The Morgan fingerprint density at radius 2 is 2.00 bits per heavy atom. The highest BCUT2D eigenvalue weighted by atomic mass is 32.2. The van der Waals surface area contributed by atoms with Crippen LogP contribution in [-0.2, 0) is 29.1 Å². The van der Waals surface area contributed by atoms with Crippen LogP contribution in [0.4, 0.5) is 0 Å². The van der Waals surface area contributed by atoms with Gasteiger partial charge in [-0.2, -0.15) is 0 Å². The molecule has 7 nitrogen and oxygen atoms in total. The van der Waals surface area contributed by atoms with Gasteiger partial charge in [0, 0.05) is 29.1 Å². The van der Waals surface area contributed by atoms with Gasteiger partial charge in [-0.1, -0.05) is 17.8 Å². The van der Waals surface area contributed by atoms with Gasteiger partial charge in [-0.15, -0.1) is 10.2 Å². The van der Waals surface area contributed by atoms with Crippen LogP contribution < -0.4 is 0 Å². The lowest BCUT2D eigenvalue weighted by molar-refractivity contribution is 0.102. The average molecular weight is 486 g/mol. The van der Waals surface area contributed by atoms with Gasteiger partial charge in [0.2, 0.25) is 5.89 Å². The smallest absolute Gasteiger partial charge is 0.277 e. The van der Waals surface area contributed by atoms with E-state index in [9.17, 15) is 13.2 Å². The third-order valence-electron chi connectivity index (χ3n) is 6.64. The van der Waals surface area contributed by atoms with Gasteiger partial charge in [-0.25, -0.2) is 8.42 Å². The molecule has 1 unspecified atom stereocenters. The summed E-state index contributed by atoms with van der Waals surface area (Å²) in [5.41, 5.74) is 6.62. The molecule has 3 heterocycles. The Morgan fingerprint density at radius 1 is 1.18 bits per heavy atom. The minimum Gasteiger partial charge on any atom is -0.416 e. The molecule has 5 rings (SSSR count). The van der Waals surface area contributed by atoms with Crippen LogP contribution in [0.25, 0.3) is 5.69 Å². The molecule has 0 N–H and O–H groups in total. The molecule has 0 bridgehead atoms. The molecule has 2 aliphatic rings. The quantitative estimate of drug-likeness (QED) is 0.370. The molecule has 1 aliphatic carbocycles. The average Bonchev–Trinajstić information content (AvgIpc) is 3.54. The van der Waals surface area contributed by atoms with E-state index in [4.69, 9.17) is 4.42 Å². The second kappa shape index (κ2) is 8.76. The number of fused-ring (bicyclic) bond motifs is 1. The van der Waals surface area contributed by atoms with Gasteiger partial charge in [0.1, 0.15) is 0 Å². The van der Waals surface area contributed by atoms with Crippen molar-refractivity contribution in [3.05, 3.63) is 58.2 Å². The van der Waals surface area contributed by atoms with E-state index >= 15 is 0 Å². The lowest BCUT2D eigenvalue weighted by Crippen LogP contribution is -2.07. The number of hydrogen-bond acceptors (Lipinski definition) is 7. The number of carbonyl (C=O) groups is 1. The zero-order valence-corrected chi connectivity index (χ0v) is 20.5. The summed E-state index contributed by atoms with van der Waals surface area (Å²) in [6.07, 6.45) is 4.57. The molecule has 9 heteroatoms. The molecule has 0 saturated carbocycles. The maximum Gasteiger partial charge on any atom is 0.277 e. The van der Waals surface area contributed by atoms with Crippen LogP contribution >= 0.6 is 11.8 Å². The van der Waals surface area contributed by atoms with E-state index in [0.29, 0.717) is 29.5 Å². The third kappa shape index (κ3) is 4.66. The maximum atomic E-state index is 13.0. The fraction of sp³-hybridized carbons (Fsp3) is 0.458. The molecule has 1 atom stereocenters. The highest BCUT2D eigenvalue weighted by molar-refractivity contribution is 7.99. The zero-order chi connectivity index (χ0) is 23.2. The van der Waals surface area contributed by atoms with E-state index < -0.39 is 9.84 Å². The van der Waals surface area contributed by atoms with E-state index in [-0.39, 0.29) is 29.0 Å². The van der Waals surface area contributed by atoms with Gasteiger partial charge in [0.15, 0.2) is 15.6 Å². The maximum absolute atomic E-state index is 13.0. The number of carbonyl (C=O) groups excluding carboxylic acids is 1. The topological polar surface area (TPSA) is 95.1 Å². The Labute approximate surface area is 197 Å². The van der Waals surface area contributed by atoms with Crippen LogP contribution in [0.15, 0.2) is 33.9 Å². The van der Waals surface area contributed by atoms with E-state index in [2.05, 4.69) is 33.0 Å². The van der Waals surface area contributed by atoms with Crippen molar-refractivity contribution in [3.8, 4) is 5.69 Å². The van der Waals surface area contributed by atoms with Crippen LogP contribution in [0.5, 0.6) is 0 Å². The first-order chi connectivity index (χ1) is 15.8. The first-order valence-corrected chi connectivity index (χ1v) is 14.1. The number of nitrogens with zero attached hydrogens (tertiary/aromatic N) is 3. The molecule has 33 heavy (non-hydrogen) atoms. The molecule has 174 valence electrons. The van der Waals surface area contributed by atoms with Gasteiger partial charge in [0.05, 0.1) is 17.3 Å². The molecule has 3 aromatic rings. The first kappa shape index (κ1) is 22.4. The predicted octanol–water partition coefficient (Wildman–Crippen LogP) is 3.92.